The van der Waals surface area contributed by atoms with Gasteiger partial charge in [-0.3, -0.25) is 0 Å². The highest BCUT2D eigenvalue weighted by molar-refractivity contribution is 5.17. The van der Waals surface area contributed by atoms with Gasteiger partial charge >= 0.3 is 0 Å². The lowest BCUT2D eigenvalue weighted by molar-refractivity contribution is 0.352. The molecule has 1 aromatic carbocycles. The van der Waals surface area contributed by atoms with Crippen LogP contribution in [0.4, 0.5) is 4.39 Å². The lowest BCUT2D eigenvalue weighted by Crippen LogP contribution is -2.30. The highest BCUT2D eigenvalue weighted by Gasteiger charge is 2.14. The number of nitrogens with one attached hydrogen (secondary N) is 1. The molecule has 0 aromatic heterocycles. The molecule has 0 fully saturated rings. The van der Waals surface area contributed by atoms with Crippen LogP contribution in [0.1, 0.15) is 33.3 Å². The molecule has 102 valence electrons. The van der Waals surface area contributed by atoms with E-state index in [1.165, 1.54) is 6.07 Å². The summed E-state index contributed by atoms with van der Waals surface area (Å²) in [5.74, 6) is 1.70. The SMILES string of the molecule is CC(C)CNCC(Cc1cccc(F)c1)C(C)C. The number of hydrogen-bond acceptors (Lipinski definition) is 1. The van der Waals surface area contributed by atoms with E-state index in [0.29, 0.717) is 17.8 Å². The van der Waals surface area contributed by atoms with Crippen molar-refractivity contribution in [1.29, 1.82) is 0 Å². The van der Waals surface area contributed by atoms with Crippen LogP contribution in [0.5, 0.6) is 0 Å². The summed E-state index contributed by atoms with van der Waals surface area (Å²) in [4.78, 5) is 0. The summed E-state index contributed by atoms with van der Waals surface area (Å²) in [6.07, 6.45) is 0.945. The summed E-state index contributed by atoms with van der Waals surface area (Å²) < 4.78 is 13.2. The molecule has 0 saturated carbocycles. The van der Waals surface area contributed by atoms with Crippen LogP contribution in [0.3, 0.4) is 0 Å². The largest absolute Gasteiger partial charge is 0.316 e. The highest BCUT2D eigenvalue weighted by Crippen LogP contribution is 2.17. The average Bonchev–Trinajstić information content (AvgIpc) is 2.27. The van der Waals surface area contributed by atoms with Gasteiger partial charge in [0.25, 0.3) is 0 Å². The maximum atomic E-state index is 13.2. The van der Waals surface area contributed by atoms with Crippen LogP contribution in [0.25, 0.3) is 0 Å². The zero-order valence-corrected chi connectivity index (χ0v) is 12.0. The molecule has 0 amide bonds. The van der Waals surface area contributed by atoms with Crippen LogP contribution in [-0.2, 0) is 6.42 Å². The molecule has 0 spiro atoms. The number of hydrogen-bond donors (Lipinski definition) is 1. The Morgan fingerprint density at radius 2 is 1.83 bits per heavy atom. The minimum Gasteiger partial charge on any atom is -0.316 e. The van der Waals surface area contributed by atoms with E-state index in [1.807, 2.05) is 6.07 Å². The lowest BCUT2D eigenvalue weighted by atomic mass is 9.89. The summed E-state index contributed by atoms with van der Waals surface area (Å²) >= 11 is 0. The van der Waals surface area contributed by atoms with Gasteiger partial charge in [-0.2, -0.15) is 0 Å². The van der Waals surface area contributed by atoms with E-state index in [-0.39, 0.29) is 5.82 Å². The lowest BCUT2D eigenvalue weighted by Gasteiger charge is -2.22. The second-order valence-electron chi connectivity index (χ2n) is 5.89. The minimum atomic E-state index is -0.134. The van der Waals surface area contributed by atoms with Gasteiger partial charge in [-0.15, -0.1) is 0 Å². The molecule has 1 rings (SSSR count). The van der Waals surface area contributed by atoms with Gasteiger partial charge in [0.1, 0.15) is 5.82 Å². The van der Waals surface area contributed by atoms with Crippen molar-refractivity contribution in [3.63, 3.8) is 0 Å². The summed E-state index contributed by atoms with van der Waals surface area (Å²) in [6.45, 7) is 11.0. The molecule has 0 heterocycles. The Bertz CT molecular complexity index is 347. The van der Waals surface area contributed by atoms with Gasteiger partial charge in [0.15, 0.2) is 0 Å². The van der Waals surface area contributed by atoms with Crippen molar-refractivity contribution in [2.24, 2.45) is 17.8 Å². The molecular formula is C16H26FN. The van der Waals surface area contributed by atoms with Crippen molar-refractivity contribution in [1.82, 2.24) is 5.32 Å². The van der Waals surface area contributed by atoms with E-state index in [4.69, 9.17) is 0 Å². The first kappa shape index (κ1) is 15.2. The van der Waals surface area contributed by atoms with Gasteiger partial charge in [0.2, 0.25) is 0 Å². The van der Waals surface area contributed by atoms with Gasteiger partial charge in [-0.25, -0.2) is 4.39 Å². The van der Waals surface area contributed by atoms with E-state index in [9.17, 15) is 4.39 Å². The number of rotatable bonds is 7. The Hall–Kier alpha value is -0.890. The summed E-state index contributed by atoms with van der Waals surface area (Å²) in [5, 5.41) is 3.51. The second-order valence-corrected chi connectivity index (χ2v) is 5.89. The van der Waals surface area contributed by atoms with Crippen molar-refractivity contribution in [3.05, 3.63) is 35.6 Å². The zero-order valence-electron chi connectivity index (χ0n) is 12.0. The van der Waals surface area contributed by atoms with Gasteiger partial charge in [-0.05, 0) is 55.0 Å². The molecule has 0 aliphatic carbocycles. The van der Waals surface area contributed by atoms with Crippen molar-refractivity contribution in [3.8, 4) is 0 Å². The molecule has 1 unspecified atom stereocenters. The third-order valence-electron chi connectivity index (χ3n) is 3.29. The number of benzene rings is 1. The summed E-state index contributed by atoms with van der Waals surface area (Å²) in [7, 11) is 0. The fourth-order valence-corrected chi connectivity index (χ4v) is 2.07. The molecule has 0 saturated heterocycles. The van der Waals surface area contributed by atoms with Gasteiger partial charge in [0.05, 0.1) is 0 Å². The molecule has 1 atom stereocenters. The van der Waals surface area contributed by atoms with E-state index in [2.05, 4.69) is 33.0 Å². The van der Waals surface area contributed by atoms with Crippen molar-refractivity contribution in [2.75, 3.05) is 13.1 Å². The van der Waals surface area contributed by atoms with E-state index < -0.39 is 0 Å². The first-order valence-electron chi connectivity index (χ1n) is 6.94. The Balaban J connectivity index is 2.52. The molecule has 0 bridgehead atoms. The quantitative estimate of drug-likeness (QED) is 0.775. The van der Waals surface area contributed by atoms with Crippen LogP contribution >= 0.6 is 0 Å². The minimum absolute atomic E-state index is 0.134. The zero-order chi connectivity index (χ0) is 13.5. The van der Waals surface area contributed by atoms with Crippen LogP contribution < -0.4 is 5.32 Å². The molecule has 1 nitrogen and oxygen atoms in total. The fourth-order valence-electron chi connectivity index (χ4n) is 2.07. The Labute approximate surface area is 111 Å². The van der Waals surface area contributed by atoms with Crippen LogP contribution in [0.15, 0.2) is 24.3 Å². The first-order chi connectivity index (χ1) is 8.49. The average molecular weight is 251 g/mol. The first-order valence-corrected chi connectivity index (χ1v) is 6.94. The maximum absolute atomic E-state index is 13.2. The Morgan fingerprint density at radius 3 is 2.39 bits per heavy atom. The van der Waals surface area contributed by atoms with Crippen molar-refractivity contribution < 1.29 is 4.39 Å². The fraction of sp³-hybridized carbons (Fsp3) is 0.625. The maximum Gasteiger partial charge on any atom is 0.123 e. The third kappa shape index (κ3) is 5.63. The molecule has 18 heavy (non-hydrogen) atoms. The van der Waals surface area contributed by atoms with Gasteiger partial charge in [0, 0.05) is 0 Å². The highest BCUT2D eigenvalue weighted by atomic mass is 19.1. The van der Waals surface area contributed by atoms with Crippen LogP contribution in [0.2, 0.25) is 0 Å². The molecule has 0 aliphatic heterocycles. The third-order valence-corrected chi connectivity index (χ3v) is 3.29. The standard InChI is InChI=1S/C16H26FN/c1-12(2)10-18-11-15(13(3)4)8-14-6-5-7-16(17)9-14/h5-7,9,12-13,15,18H,8,10-11H2,1-4H3. The summed E-state index contributed by atoms with van der Waals surface area (Å²) in [5.41, 5.74) is 1.10. The molecule has 2 heteroatoms. The molecular weight excluding hydrogens is 225 g/mol. The van der Waals surface area contributed by atoms with Gasteiger partial charge < -0.3 is 5.32 Å². The normalized spacial score (nSPS) is 13.3. The van der Waals surface area contributed by atoms with Crippen molar-refractivity contribution in [2.45, 2.75) is 34.1 Å². The predicted octanol–water partition coefficient (Wildman–Crippen LogP) is 3.89. The second kappa shape index (κ2) is 7.52. The Morgan fingerprint density at radius 1 is 1.11 bits per heavy atom. The van der Waals surface area contributed by atoms with E-state index in [0.717, 1.165) is 25.1 Å². The van der Waals surface area contributed by atoms with Gasteiger partial charge in [-0.1, -0.05) is 39.8 Å². The van der Waals surface area contributed by atoms with E-state index in [1.54, 1.807) is 12.1 Å². The predicted molar refractivity (Wildman–Crippen MR) is 76.1 cm³/mol. The topological polar surface area (TPSA) is 12.0 Å². The van der Waals surface area contributed by atoms with Crippen LogP contribution in [0, 0.1) is 23.6 Å². The smallest absolute Gasteiger partial charge is 0.123 e. The van der Waals surface area contributed by atoms with Crippen LogP contribution in [-0.4, -0.2) is 13.1 Å². The Kier molecular flexibility index (Phi) is 6.34. The molecule has 0 radical (unpaired) electrons. The summed E-state index contributed by atoms with van der Waals surface area (Å²) in [6, 6.07) is 6.97. The molecule has 0 aliphatic rings. The van der Waals surface area contributed by atoms with Crippen molar-refractivity contribution >= 4 is 0 Å². The molecule has 1 N–H and O–H groups in total. The van der Waals surface area contributed by atoms with E-state index >= 15 is 0 Å². The molecule has 1 aromatic rings. The number of halogens is 1. The monoisotopic (exact) mass is 251 g/mol.